The maximum atomic E-state index is 12.3. The minimum atomic E-state index is -0.505. The number of hydrogen-bond donors (Lipinski definition) is 2. The second-order valence-electron chi connectivity index (χ2n) is 5.13. The summed E-state index contributed by atoms with van der Waals surface area (Å²) in [5, 5.41) is 2.81. The van der Waals surface area contributed by atoms with E-state index in [1.807, 2.05) is 0 Å². The fraction of sp³-hybridized carbons (Fsp3) is 0.176. The Morgan fingerprint density at radius 2 is 1.83 bits per heavy atom. The number of fused-ring (bicyclic) bond motifs is 1. The number of amides is 1. The summed E-state index contributed by atoms with van der Waals surface area (Å²) in [4.78, 5) is 26.0. The molecule has 0 spiro atoms. The molecule has 3 aromatic rings. The van der Waals surface area contributed by atoms with E-state index in [-0.39, 0.29) is 5.91 Å². The topological polar surface area (TPSA) is 93.6 Å². The van der Waals surface area contributed by atoms with Crippen LogP contribution in [0.25, 0.3) is 11.1 Å². The third-order valence-corrected chi connectivity index (χ3v) is 3.55. The van der Waals surface area contributed by atoms with E-state index in [1.165, 1.54) is 14.2 Å². The van der Waals surface area contributed by atoms with Gasteiger partial charge in [0.15, 0.2) is 5.58 Å². The Morgan fingerprint density at radius 1 is 1.12 bits per heavy atom. The predicted molar refractivity (Wildman–Crippen MR) is 87.6 cm³/mol. The smallest absolute Gasteiger partial charge is 0.417 e. The quantitative estimate of drug-likeness (QED) is 0.748. The Hall–Kier alpha value is -3.22. The van der Waals surface area contributed by atoms with Gasteiger partial charge < -0.3 is 19.2 Å². The fourth-order valence-corrected chi connectivity index (χ4v) is 2.32. The average Bonchev–Trinajstić information content (AvgIpc) is 2.98. The molecule has 7 nitrogen and oxygen atoms in total. The Bertz CT molecular complexity index is 919. The summed E-state index contributed by atoms with van der Waals surface area (Å²) < 4.78 is 15.3. The number of carbonyl (C=O) groups is 1. The van der Waals surface area contributed by atoms with Crippen LogP contribution in [0.3, 0.4) is 0 Å². The van der Waals surface area contributed by atoms with Crippen LogP contribution in [0.2, 0.25) is 0 Å². The van der Waals surface area contributed by atoms with Crippen molar-refractivity contribution in [3.8, 4) is 11.5 Å². The van der Waals surface area contributed by atoms with Crippen LogP contribution in [-0.4, -0.2) is 25.1 Å². The number of benzene rings is 2. The van der Waals surface area contributed by atoms with Crippen LogP contribution in [0.1, 0.15) is 15.9 Å². The molecular weight excluding hydrogens is 312 g/mol. The minimum absolute atomic E-state index is 0.261. The molecule has 0 aliphatic rings. The second kappa shape index (κ2) is 6.49. The molecule has 0 fully saturated rings. The molecule has 124 valence electrons. The molecule has 0 unspecified atom stereocenters. The summed E-state index contributed by atoms with van der Waals surface area (Å²) in [7, 11) is 3.05. The lowest BCUT2D eigenvalue weighted by Gasteiger charge is -2.09. The van der Waals surface area contributed by atoms with Gasteiger partial charge in [0.05, 0.1) is 19.7 Å². The van der Waals surface area contributed by atoms with E-state index in [1.54, 1.807) is 36.4 Å². The molecule has 7 heteroatoms. The van der Waals surface area contributed by atoms with Gasteiger partial charge in [-0.2, -0.15) is 0 Å². The molecule has 24 heavy (non-hydrogen) atoms. The van der Waals surface area contributed by atoms with Crippen LogP contribution in [0.5, 0.6) is 11.5 Å². The summed E-state index contributed by atoms with van der Waals surface area (Å²) in [6.45, 7) is 0.295. The number of H-pyrrole nitrogens is 1. The normalized spacial score (nSPS) is 10.6. The van der Waals surface area contributed by atoms with Crippen LogP contribution in [-0.2, 0) is 6.54 Å². The van der Waals surface area contributed by atoms with Gasteiger partial charge in [-0.15, -0.1) is 0 Å². The fourth-order valence-electron chi connectivity index (χ4n) is 2.32. The van der Waals surface area contributed by atoms with E-state index >= 15 is 0 Å². The first-order valence-electron chi connectivity index (χ1n) is 7.22. The maximum absolute atomic E-state index is 12.3. The molecule has 0 bridgehead atoms. The number of methoxy groups -OCH3 is 2. The van der Waals surface area contributed by atoms with Gasteiger partial charge in [0.1, 0.15) is 11.5 Å². The monoisotopic (exact) mass is 328 g/mol. The number of aromatic nitrogens is 1. The summed E-state index contributed by atoms with van der Waals surface area (Å²) in [5.41, 5.74) is 2.32. The van der Waals surface area contributed by atoms with Crippen molar-refractivity contribution in [1.82, 2.24) is 10.3 Å². The number of nitrogens with one attached hydrogen (secondary N) is 2. The molecule has 2 N–H and O–H groups in total. The van der Waals surface area contributed by atoms with Crippen molar-refractivity contribution >= 4 is 17.0 Å². The lowest BCUT2D eigenvalue weighted by atomic mass is 10.1. The van der Waals surface area contributed by atoms with Crippen LogP contribution in [0.15, 0.2) is 45.6 Å². The molecule has 0 radical (unpaired) electrons. The highest BCUT2D eigenvalue weighted by molar-refractivity contribution is 5.95. The molecule has 1 heterocycles. The summed E-state index contributed by atoms with van der Waals surface area (Å²) in [6.07, 6.45) is 0. The van der Waals surface area contributed by atoms with E-state index in [0.717, 1.165) is 5.56 Å². The Labute approximate surface area is 137 Å². The van der Waals surface area contributed by atoms with E-state index < -0.39 is 5.76 Å². The van der Waals surface area contributed by atoms with E-state index in [0.29, 0.717) is 34.7 Å². The van der Waals surface area contributed by atoms with Crippen LogP contribution in [0, 0.1) is 0 Å². The standard InChI is InChI=1S/C17H16N2O5/c1-22-12-6-11(7-13(8-12)23-2)16(20)18-9-10-3-4-14-15(5-10)24-17(21)19-14/h3-8H,9H2,1-2H3,(H,18,20)(H,19,21). The van der Waals surface area contributed by atoms with Gasteiger partial charge >= 0.3 is 5.76 Å². The largest absolute Gasteiger partial charge is 0.497 e. The highest BCUT2D eigenvalue weighted by atomic mass is 16.5. The van der Waals surface area contributed by atoms with Gasteiger partial charge in [-0.3, -0.25) is 9.78 Å². The summed E-state index contributed by atoms with van der Waals surface area (Å²) in [6, 6.07) is 10.2. The van der Waals surface area contributed by atoms with Gasteiger partial charge in [-0.1, -0.05) is 6.07 Å². The SMILES string of the molecule is COc1cc(OC)cc(C(=O)NCc2ccc3[nH]c(=O)oc3c2)c1. The van der Waals surface area contributed by atoms with Crippen molar-refractivity contribution < 1.29 is 18.7 Å². The zero-order valence-electron chi connectivity index (χ0n) is 13.2. The first kappa shape index (κ1) is 15.7. The maximum Gasteiger partial charge on any atom is 0.417 e. The summed E-state index contributed by atoms with van der Waals surface area (Å²) >= 11 is 0. The predicted octanol–water partition coefficient (Wildman–Crippen LogP) is 2.07. The molecule has 0 saturated carbocycles. The second-order valence-corrected chi connectivity index (χ2v) is 5.13. The molecule has 0 aliphatic heterocycles. The Morgan fingerprint density at radius 3 is 2.50 bits per heavy atom. The zero-order chi connectivity index (χ0) is 17.1. The highest BCUT2D eigenvalue weighted by Gasteiger charge is 2.10. The number of hydrogen-bond acceptors (Lipinski definition) is 5. The minimum Gasteiger partial charge on any atom is -0.497 e. The van der Waals surface area contributed by atoms with Crippen molar-refractivity contribution in [2.45, 2.75) is 6.54 Å². The number of rotatable bonds is 5. The molecule has 3 rings (SSSR count). The molecule has 0 atom stereocenters. The van der Waals surface area contributed by atoms with Gasteiger partial charge in [0.25, 0.3) is 5.91 Å². The van der Waals surface area contributed by atoms with Crippen molar-refractivity contribution in [2.24, 2.45) is 0 Å². The lowest BCUT2D eigenvalue weighted by Crippen LogP contribution is -2.22. The molecule has 1 amide bonds. The third-order valence-electron chi connectivity index (χ3n) is 3.55. The van der Waals surface area contributed by atoms with E-state index in [9.17, 15) is 9.59 Å². The van der Waals surface area contributed by atoms with Crippen molar-refractivity contribution in [3.05, 3.63) is 58.1 Å². The third kappa shape index (κ3) is 3.24. The number of carbonyl (C=O) groups excluding carboxylic acids is 1. The van der Waals surface area contributed by atoms with Crippen molar-refractivity contribution in [1.29, 1.82) is 0 Å². The Balaban J connectivity index is 1.75. The highest BCUT2D eigenvalue weighted by Crippen LogP contribution is 2.22. The van der Waals surface area contributed by atoms with Crippen molar-refractivity contribution in [2.75, 3.05) is 14.2 Å². The number of ether oxygens (including phenoxy) is 2. The molecule has 0 saturated heterocycles. The first-order chi connectivity index (χ1) is 11.6. The van der Waals surface area contributed by atoms with Gasteiger partial charge in [-0.25, -0.2) is 4.79 Å². The Kier molecular flexibility index (Phi) is 4.24. The van der Waals surface area contributed by atoms with E-state index in [2.05, 4.69) is 10.3 Å². The molecule has 0 aliphatic carbocycles. The average molecular weight is 328 g/mol. The van der Waals surface area contributed by atoms with Gasteiger partial charge in [0, 0.05) is 18.2 Å². The van der Waals surface area contributed by atoms with Crippen molar-refractivity contribution in [3.63, 3.8) is 0 Å². The summed E-state index contributed by atoms with van der Waals surface area (Å²) in [5.74, 6) is 0.308. The van der Waals surface area contributed by atoms with Crippen LogP contribution >= 0.6 is 0 Å². The van der Waals surface area contributed by atoms with Gasteiger partial charge in [-0.05, 0) is 29.8 Å². The molecular formula is C17H16N2O5. The first-order valence-corrected chi connectivity index (χ1v) is 7.22. The van der Waals surface area contributed by atoms with Crippen LogP contribution < -0.4 is 20.5 Å². The lowest BCUT2D eigenvalue weighted by molar-refractivity contribution is 0.0950. The molecule has 2 aromatic carbocycles. The number of aromatic amines is 1. The number of oxazole rings is 1. The van der Waals surface area contributed by atoms with E-state index in [4.69, 9.17) is 13.9 Å². The van der Waals surface area contributed by atoms with Crippen LogP contribution in [0.4, 0.5) is 0 Å². The zero-order valence-corrected chi connectivity index (χ0v) is 13.2. The van der Waals surface area contributed by atoms with Gasteiger partial charge in [0.2, 0.25) is 0 Å². The molecule has 1 aromatic heterocycles.